The van der Waals surface area contributed by atoms with Crippen LogP contribution in [-0.4, -0.2) is 44.3 Å². The third-order valence-corrected chi connectivity index (χ3v) is 4.25. The molecule has 0 bridgehead atoms. The van der Waals surface area contributed by atoms with Gasteiger partial charge in [0.2, 0.25) is 0 Å². The molecule has 2 unspecified atom stereocenters. The van der Waals surface area contributed by atoms with Gasteiger partial charge in [0, 0.05) is 13.1 Å². The number of nitrogens with zero attached hydrogens (tertiary/aromatic N) is 1. The number of hydrogen-bond acceptors (Lipinski definition) is 3. The molecule has 0 radical (unpaired) electrons. The van der Waals surface area contributed by atoms with E-state index in [1.54, 1.807) is 0 Å². The van der Waals surface area contributed by atoms with Crippen LogP contribution in [0.4, 0.5) is 0 Å². The molecule has 0 aliphatic carbocycles. The molecule has 1 heterocycles. The number of benzene rings is 1. The fraction of sp³-hybridized carbons (Fsp3) is 0.667. The van der Waals surface area contributed by atoms with Gasteiger partial charge in [-0.2, -0.15) is 0 Å². The van der Waals surface area contributed by atoms with Crippen molar-refractivity contribution in [1.29, 1.82) is 0 Å². The highest BCUT2D eigenvalue weighted by Gasteiger charge is 2.28. The molecule has 1 fully saturated rings. The van der Waals surface area contributed by atoms with Gasteiger partial charge in [0.25, 0.3) is 0 Å². The lowest BCUT2D eigenvalue weighted by Gasteiger charge is -2.37. The maximum atomic E-state index is 6.06. The van der Waals surface area contributed by atoms with Gasteiger partial charge in [-0.05, 0) is 37.6 Å². The molecule has 118 valence electrons. The van der Waals surface area contributed by atoms with E-state index in [0.717, 1.165) is 26.1 Å². The molecule has 3 nitrogen and oxygen atoms in total. The van der Waals surface area contributed by atoms with Crippen LogP contribution in [-0.2, 0) is 11.2 Å². The Hall–Kier alpha value is -0.900. The Morgan fingerprint density at radius 2 is 2.19 bits per heavy atom. The second-order valence-corrected chi connectivity index (χ2v) is 5.97. The maximum Gasteiger partial charge on any atom is 0.0896 e. The molecule has 1 aromatic rings. The van der Waals surface area contributed by atoms with E-state index in [4.69, 9.17) is 4.74 Å². The lowest BCUT2D eigenvalue weighted by atomic mass is 9.97. The molecule has 2 atom stereocenters. The van der Waals surface area contributed by atoms with E-state index in [1.807, 2.05) is 7.05 Å². The van der Waals surface area contributed by atoms with Crippen LogP contribution in [0.1, 0.15) is 43.9 Å². The minimum atomic E-state index is 0.243. The van der Waals surface area contributed by atoms with Gasteiger partial charge in [-0.3, -0.25) is 4.90 Å². The molecule has 1 saturated heterocycles. The zero-order valence-corrected chi connectivity index (χ0v) is 13.8. The lowest BCUT2D eigenvalue weighted by molar-refractivity contribution is -0.0459. The average Bonchev–Trinajstić information content (AvgIpc) is 2.50. The van der Waals surface area contributed by atoms with E-state index >= 15 is 0 Å². The molecule has 0 aromatic heterocycles. The van der Waals surface area contributed by atoms with Gasteiger partial charge in [-0.1, -0.05) is 44.5 Å². The van der Waals surface area contributed by atoms with Gasteiger partial charge in [0.05, 0.1) is 18.8 Å². The number of nitrogens with one attached hydrogen (secondary N) is 1. The van der Waals surface area contributed by atoms with E-state index in [1.165, 1.54) is 30.5 Å². The van der Waals surface area contributed by atoms with Crippen LogP contribution in [0.25, 0.3) is 0 Å². The Morgan fingerprint density at radius 1 is 1.33 bits per heavy atom. The van der Waals surface area contributed by atoms with Gasteiger partial charge in [-0.15, -0.1) is 0 Å². The van der Waals surface area contributed by atoms with E-state index in [9.17, 15) is 0 Å². The second-order valence-electron chi connectivity index (χ2n) is 5.97. The normalized spacial score (nSPS) is 21.4. The van der Waals surface area contributed by atoms with Crippen molar-refractivity contribution < 1.29 is 4.74 Å². The number of rotatable bonds is 7. The highest BCUT2D eigenvalue weighted by atomic mass is 16.5. The summed E-state index contributed by atoms with van der Waals surface area (Å²) in [6.07, 6.45) is 3.80. The Kier molecular flexibility index (Phi) is 6.68. The van der Waals surface area contributed by atoms with Crippen molar-refractivity contribution in [3.8, 4) is 0 Å². The first-order valence-corrected chi connectivity index (χ1v) is 8.38. The van der Waals surface area contributed by atoms with Crippen LogP contribution < -0.4 is 5.32 Å². The molecule has 0 spiro atoms. The Bertz CT molecular complexity index is 419. The molecule has 1 aromatic carbocycles. The molecule has 21 heavy (non-hydrogen) atoms. The van der Waals surface area contributed by atoms with Crippen LogP contribution in [0.5, 0.6) is 0 Å². The maximum absolute atomic E-state index is 6.06. The molecule has 0 saturated carbocycles. The van der Waals surface area contributed by atoms with Gasteiger partial charge in [0.1, 0.15) is 0 Å². The largest absolute Gasteiger partial charge is 0.374 e. The summed E-state index contributed by atoms with van der Waals surface area (Å²) < 4.78 is 6.06. The quantitative estimate of drug-likeness (QED) is 0.835. The fourth-order valence-electron chi connectivity index (χ4n) is 3.25. The van der Waals surface area contributed by atoms with Crippen LogP contribution in [0.2, 0.25) is 0 Å². The first-order valence-electron chi connectivity index (χ1n) is 8.38. The van der Waals surface area contributed by atoms with E-state index in [-0.39, 0.29) is 12.1 Å². The summed E-state index contributed by atoms with van der Waals surface area (Å²) >= 11 is 0. The topological polar surface area (TPSA) is 24.5 Å². The zero-order chi connectivity index (χ0) is 15.1. The average molecular weight is 290 g/mol. The summed E-state index contributed by atoms with van der Waals surface area (Å²) in [4.78, 5) is 2.52. The zero-order valence-electron chi connectivity index (χ0n) is 13.8. The molecule has 1 N–H and O–H groups in total. The summed E-state index contributed by atoms with van der Waals surface area (Å²) in [6.45, 7) is 8.58. The second kappa shape index (κ2) is 8.52. The number of hydrogen-bond donors (Lipinski definition) is 1. The molecule has 0 amide bonds. The fourth-order valence-corrected chi connectivity index (χ4v) is 3.25. The first kappa shape index (κ1) is 16.5. The number of ether oxygens (including phenoxy) is 1. The number of morpholine rings is 1. The predicted molar refractivity (Wildman–Crippen MR) is 88.7 cm³/mol. The van der Waals surface area contributed by atoms with Crippen molar-refractivity contribution >= 4 is 0 Å². The van der Waals surface area contributed by atoms with Crippen molar-refractivity contribution in [2.45, 2.75) is 45.3 Å². The molecular weight excluding hydrogens is 260 g/mol. The third-order valence-electron chi connectivity index (χ3n) is 4.25. The minimum absolute atomic E-state index is 0.243. The van der Waals surface area contributed by atoms with E-state index < -0.39 is 0 Å². The van der Waals surface area contributed by atoms with Crippen molar-refractivity contribution in [3.63, 3.8) is 0 Å². The lowest BCUT2D eigenvalue weighted by Crippen LogP contribution is -2.47. The molecular formula is C18H30N2O. The third kappa shape index (κ3) is 4.53. The highest BCUT2D eigenvalue weighted by molar-refractivity contribution is 5.27. The Morgan fingerprint density at radius 3 is 2.90 bits per heavy atom. The van der Waals surface area contributed by atoms with Crippen molar-refractivity contribution in [2.24, 2.45) is 0 Å². The van der Waals surface area contributed by atoms with Crippen molar-refractivity contribution in [3.05, 3.63) is 35.4 Å². The summed E-state index contributed by atoms with van der Waals surface area (Å²) in [5.74, 6) is 0. The van der Waals surface area contributed by atoms with Crippen LogP contribution in [0.3, 0.4) is 0 Å². The molecule has 2 rings (SSSR count). The molecule has 1 aliphatic heterocycles. The summed E-state index contributed by atoms with van der Waals surface area (Å²) in [6, 6.07) is 9.25. The van der Waals surface area contributed by atoms with Crippen molar-refractivity contribution in [2.75, 3.05) is 33.3 Å². The first-order chi connectivity index (χ1) is 10.3. The van der Waals surface area contributed by atoms with E-state index in [2.05, 4.69) is 48.3 Å². The Balaban J connectivity index is 2.09. The standard InChI is InChI=1S/C18H30N2O/c1-4-7-15-8-6-9-16(13-15)18(19-3)17-14-20(10-5-2)11-12-21-17/h6,8-9,13,17-19H,4-5,7,10-12,14H2,1-3H3. The van der Waals surface area contributed by atoms with Gasteiger partial charge in [-0.25, -0.2) is 0 Å². The summed E-state index contributed by atoms with van der Waals surface area (Å²) in [5, 5.41) is 3.47. The minimum Gasteiger partial charge on any atom is -0.374 e. The summed E-state index contributed by atoms with van der Waals surface area (Å²) in [7, 11) is 2.04. The van der Waals surface area contributed by atoms with Gasteiger partial charge < -0.3 is 10.1 Å². The van der Waals surface area contributed by atoms with Gasteiger partial charge >= 0.3 is 0 Å². The van der Waals surface area contributed by atoms with Crippen molar-refractivity contribution in [1.82, 2.24) is 10.2 Å². The van der Waals surface area contributed by atoms with E-state index in [0.29, 0.717) is 0 Å². The van der Waals surface area contributed by atoms with Crippen LogP contribution in [0.15, 0.2) is 24.3 Å². The van der Waals surface area contributed by atoms with Crippen LogP contribution >= 0.6 is 0 Å². The van der Waals surface area contributed by atoms with Crippen LogP contribution in [0, 0.1) is 0 Å². The molecule has 3 heteroatoms. The number of likely N-dealkylation sites (N-methyl/N-ethyl adjacent to an activating group) is 1. The monoisotopic (exact) mass is 290 g/mol. The predicted octanol–water partition coefficient (Wildman–Crippen LogP) is 3.01. The Labute approximate surface area is 129 Å². The number of aryl methyl sites for hydroxylation is 1. The SMILES string of the molecule is CCCc1cccc(C(NC)C2CN(CCC)CCO2)c1. The highest BCUT2D eigenvalue weighted by Crippen LogP contribution is 2.23. The molecule has 1 aliphatic rings. The van der Waals surface area contributed by atoms with Gasteiger partial charge in [0.15, 0.2) is 0 Å². The smallest absolute Gasteiger partial charge is 0.0896 e. The summed E-state index contributed by atoms with van der Waals surface area (Å²) in [5.41, 5.74) is 2.78.